The molecule has 0 spiro atoms. The summed E-state index contributed by atoms with van der Waals surface area (Å²) in [5.74, 6) is 0.658. The van der Waals surface area contributed by atoms with E-state index in [0.717, 1.165) is 58.9 Å². The number of carbonyl (C=O) groups is 1. The molecule has 1 aliphatic rings. The van der Waals surface area contributed by atoms with Gasteiger partial charge in [0.2, 0.25) is 0 Å². The fourth-order valence-electron chi connectivity index (χ4n) is 6.54. The van der Waals surface area contributed by atoms with Crippen molar-refractivity contribution in [2.24, 2.45) is 4.99 Å². The first-order valence-corrected chi connectivity index (χ1v) is 15.9. The maximum Gasteiger partial charge on any atom is 0.150 e. The number of hydrogen-bond donors (Lipinski definition) is 0. The molecule has 0 amide bonds. The molecule has 8 rings (SSSR count). The summed E-state index contributed by atoms with van der Waals surface area (Å²) in [6.45, 7) is 0. The number of nitrogens with zero attached hydrogens (tertiary/aromatic N) is 2. The molecule has 9 heteroatoms. The van der Waals surface area contributed by atoms with Crippen molar-refractivity contribution in [2.45, 2.75) is 0 Å². The van der Waals surface area contributed by atoms with Crippen LogP contribution in [-0.2, 0) is 0 Å². The van der Waals surface area contributed by atoms with Crippen molar-refractivity contribution in [3.8, 4) is 0 Å². The highest BCUT2D eigenvalue weighted by molar-refractivity contribution is 9.11. The number of hydrogen-bond acceptors (Lipinski definition) is 3. The van der Waals surface area contributed by atoms with Gasteiger partial charge in [0.15, 0.2) is 6.29 Å². The van der Waals surface area contributed by atoms with Gasteiger partial charge < -0.3 is 4.90 Å². The Bertz CT molecular complexity index is 2350. The topological polar surface area (TPSA) is 32.7 Å². The highest BCUT2D eigenvalue weighted by Crippen LogP contribution is 2.53. The molecule has 204 valence electrons. The number of rotatable bonds is 2. The molecule has 1 aliphatic heterocycles. The summed E-state index contributed by atoms with van der Waals surface area (Å²) in [5, 5.41) is 9.96. The van der Waals surface area contributed by atoms with Gasteiger partial charge in [-0.3, -0.25) is 4.79 Å². The molecule has 7 aromatic rings. The van der Waals surface area contributed by atoms with Crippen molar-refractivity contribution in [2.75, 3.05) is 11.9 Å². The number of anilines is 1. The second-order valence-corrected chi connectivity index (χ2v) is 13.6. The van der Waals surface area contributed by atoms with Crippen molar-refractivity contribution in [3.63, 3.8) is 0 Å². The van der Waals surface area contributed by atoms with E-state index in [1.807, 2.05) is 48.3 Å². The fourth-order valence-corrected chi connectivity index (χ4v) is 9.56. The van der Waals surface area contributed by atoms with Crippen LogP contribution < -0.4 is 4.90 Å². The Kier molecular flexibility index (Phi) is 6.05. The van der Waals surface area contributed by atoms with E-state index in [4.69, 9.17) is 51.4 Å². The lowest BCUT2D eigenvalue weighted by atomic mass is 9.86. The zero-order valence-corrected chi connectivity index (χ0v) is 27.6. The Morgan fingerprint density at radius 2 is 1.21 bits per heavy atom. The van der Waals surface area contributed by atoms with Crippen LogP contribution in [-0.4, -0.2) is 19.2 Å². The monoisotopic (exact) mass is 752 g/mol. The van der Waals surface area contributed by atoms with E-state index in [0.29, 0.717) is 58.6 Å². The maximum atomic E-state index is 12.7. The predicted octanol–water partition coefficient (Wildman–Crippen LogP) is 12.4. The molecular formula is C33H14Br2Cl4N2O. The number of benzene rings is 7. The third-order valence-electron chi connectivity index (χ3n) is 8.19. The highest BCUT2D eigenvalue weighted by Gasteiger charge is 2.29. The standard InChI is InChI=1S/C33H14Br2Cl4N2O/c1-41-23-7-3-5-13-4-2-6-22(25(13)23)40-33(41)15-9-19(37)28-30-21(39)11-17(35)26-16(34)10-20(38)29(32(26)30)27-18(36)8-14(12-42)24(15)31(27)28/h2-12H,1H3. The van der Waals surface area contributed by atoms with Gasteiger partial charge >= 0.3 is 0 Å². The number of carbonyl (C=O) groups excluding carboxylic acids is 1. The lowest BCUT2D eigenvalue weighted by Crippen LogP contribution is -2.29. The van der Waals surface area contributed by atoms with Crippen molar-refractivity contribution < 1.29 is 4.79 Å². The Morgan fingerprint density at radius 1 is 0.667 bits per heavy atom. The Labute approximate surface area is 276 Å². The molecule has 0 atom stereocenters. The number of fused-ring (bicyclic) bond motifs is 2. The molecule has 0 N–H and O–H groups in total. The Hall–Kier alpha value is -2.64. The third-order valence-corrected chi connectivity index (χ3v) is 10.6. The van der Waals surface area contributed by atoms with Crippen LogP contribution in [0.3, 0.4) is 0 Å². The van der Waals surface area contributed by atoms with Gasteiger partial charge in [-0.2, -0.15) is 0 Å². The minimum absolute atomic E-state index is 0.389. The quantitative estimate of drug-likeness (QED) is 0.1000. The molecule has 0 aliphatic carbocycles. The zero-order chi connectivity index (χ0) is 29.2. The summed E-state index contributed by atoms with van der Waals surface area (Å²) >= 11 is 35.6. The molecule has 42 heavy (non-hydrogen) atoms. The predicted molar refractivity (Wildman–Crippen MR) is 187 cm³/mol. The maximum absolute atomic E-state index is 12.7. The van der Waals surface area contributed by atoms with Crippen molar-refractivity contribution in [1.29, 1.82) is 0 Å². The van der Waals surface area contributed by atoms with Gasteiger partial charge in [-0.25, -0.2) is 4.99 Å². The van der Waals surface area contributed by atoms with Crippen LogP contribution in [0.15, 0.2) is 74.6 Å². The molecule has 7 aromatic carbocycles. The first-order valence-electron chi connectivity index (χ1n) is 12.8. The van der Waals surface area contributed by atoms with Crippen LogP contribution in [0.25, 0.3) is 53.9 Å². The fraction of sp³-hybridized carbons (Fsp3) is 0.0303. The van der Waals surface area contributed by atoms with Crippen LogP contribution in [0.1, 0.15) is 15.9 Å². The highest BCUT2D eigenvalue weighted by atomic mass is 79.9. The van der Waals surface area contributed by atoms with Gasteiger partial charge in [0, 0.05) is 85.6 Å². The van der Waals surface area contributed by atoms with Gasteiger partial charge in [-0.05, 0) is 41.8 Å². The van der Waals surface area contributed by atoms with Crippen molar-refractivity contribution >= 4 is 156 Å². The molecule has 0 unspecified atom stereocenters. The Balaban J connectivity index is 1.64. The van der Waals surface area contributed by atoms with E-state index >= 15 is 0 Å². The van der Waals surface area contributed by atoms with Gasteiger partial charge in [0.05, 0.1) is 21.4 Å². The number of aliphatic imine (C=N–C) groups is 1. The van der Waals surface area contributed by atoms with Gasteiger partial charge in [-0.15, -0.1) is 0 Å². The van der Waals surface area contributed by atoms with Gasteiger partial charge in [0.25, 0.3) is 0 Å². The van der Waals surface area contributed by atoms with E-state index in [-0.39, 0.29) is 0 Å². The van der Waals surface area contributed by atoms with Crippen LogP contribution in [0.2, 0.25) is 20.1 Å². The molecule has 0 fully saturated rings. The van der Waals surface area contributed by atoms with Crippen LogP contribution >= 0.6 is 78.3 Å². The molecular weight excluding hydrogens is 742 g/mol. The molecule has 0 radical (unpaired) electrons. The smallest absolute Gasteiger partial charge is 0.150 e. The first kappa shape index (κ1) is 26.9. The second-order valence-electron chi connectivity index (χ2n) is 10.3. The average molecular weight is 756 g/mol. The summed E-state index contributed by atoms with van der Waals surface area (Å²) in [6.07, 6.45) is 0.821. The first-order chi connectivity index (χ1) is 20.2. The number of aldehydes is 1. The van der Waals surface area contributed by atoms with Crippen LogP contribution in [0.4, 0.5) is 11.4 Å². The van der Waals surface area contributed by atoms with Gasteiger partial charge in [-0.1, -0.05) is 103 Å². The second kappa shape index (κ2) is 9.43. The SMILES string of the molecule is CN1C(c2cc(Cl)c3c4c(Cl)cc(Br)c5c(Br)cc(Cl)c(c6c(Cl)cc(C=O)c2c63)c54)=Nc2cccc3cccc1c23. The largest absolute Gasteiger partial charge is 0.328 e. The lowest BCUT2D eigenvalue weighted by Gasteiger charge is -2.29. The van der Waals surface area contributed by atoms with Crippen LogP contribution in [0.5, 0.6) is 0 Å². The van der Waals surface area contributed by atoms with E-state index in [2.05, 4.69) is 50.1 Å². The summed E-state index contributed by atoms with van der Waals surface area (Å²) in [4.78, 5) is 19.9. The normalized spacial score (nSPS) is 13.3. The van der Waals surface area contributed by atoms with Crippen molar-refractivity contribution in [3.05, 3.63) is 101 Å². The van der Waals surface area contributed by atoms with E-state index in [1.54, 1.807) is 6.07 Å². The minimum Gasteiger partial charge on any atom is -0.328 e. The lowest BCUT2D eigenvalue weighted by molar-refractivity contribution is 0.112. The summed E-state index contributed by atoms with van der Waals surface area (Å²) in [7, 11) is 1.97. The molecule has 1 heterocycles. The minimum atomic E-state index is 0.389. The van der Waals surface area contributed by atoms with E-state index in [1.165, 1.54) is 0 Å². The number of halogens is 6. The molecule has 3 nitrogen and oxygen atoms in total. The average Bonchev–Trinajstić information content (AvgIpc) is 2.96. The summed E-state index contributed by atoms with van der Waals surface area (Å²) < 4.78 is 1.60. The van der Waals surface area contributed by atoms with Crippen molar-refractivity contribution in [1.82, 2.24) is 0 Å². The number of amidine groups is 1. The van der Waals surface area contributed by atoms with Gasteiger partial charge in [0.1, 0.15) is 5.84 Å². The molecule has 0 aromatic heterocycles. The van der Waals surface area contributed by atoms with Crippen LogP contribution in [0, 0.1) is 0 Å². The Morgan fingerprint density at radius 3 is 1.83 bits per heavy atom. The zero-order valence-electron chi connectivity index (χ0n) is 21.4. The molecule has 0 saturated heterocycles. The summed E-state index contributed by atoms with van der Waals surface area (Å²) in [6, 6.07) is 19.5. The summed E-state index contributed by atoms with van der Waals surface area (Å²) in [5.41, 5.74) is 2.97. The molecule has 0 bridgehead atoms. The van der Waals surface area contributed by atoms with E-state index < -0.39 is 0 Å². The third kappa shape index (κ3) is 3.47. The molecule has 0 saturated carbocycles. The van der Waals surface area contributed by atoms with E-state index in [9.17, 15) is 4.79 Å².